The Labute approximate surface area is 126 Å². The van der Waals surface area contributed by atoms with Crippen LogP contribution in [0, 0.1) is 23.2 Å². The van der Waals surface area contributed by atoms with Crippen molar-refractivity contribution < 1.29 is 19.4 Å². The fourth-order valence-corrected chi connectivity index (χ4v) is 5.26. The Morgan fingerprint density at radius 2 is 2.14 bits per heavy atom. The zero-order valence-electron chi connectivity index (χ0n) is 13.0. The molecule has 3 unspecified atom stereocenters. The molecule has 0 aromatic carbocycles. The average molecular weight is 294 g/mol. The van der Waals surface area contributed by atoms with Crippen molar-refractivity contribution in [2.75, 3.05) is 0 Å². The minimum Gasteiger partial charge on any atom is -0.460 e. The van der Waals surface area contributed by atoms with Gasteiger partial charge in [0.05, 0.1) is 0 Å². The first-order valence-electron chi connectivity index (χ1n) is 8.33. The van der Waals surface area contributed by atoms with Crippen LogP contribution in [0.5, 0.6) is 0 Å². The van der Waals surface area contributed by atoms with Crippen LogP contribution in [0.25, 0.3) is 0 Å². The predicted octanol–water partition coefficient (Wildman–Crippen LogP) is 2.47. The van der Waals surface area contributed by atoms with E-state index in [1.165, 1.54) is 0 Å². The van der Waals surface area contributed by atoms with Gasteiger partial charge in [0.1, 0.15) is 11.9 Å². The monoisotopic (exact) mass is 294 g/mol. The average Bonchev–Trinajstić information content (AvgIpc) is 2.91. The molecule has 2 saturated carbocycles. The fraction of sp³-hybridized carbons (Fsp3) is 0.882. The third-order valence-corrected chi connectivity index (χ3v) is 6.30. The first-order valence-corrected chi connectivity index (χ1v) is 8.33. The van der Waals surface area contributed by atoms with Gasteiger partial charge in [-0.05, 0) is 49.4 Å². The zero-order chi connectivity index (χ0) is 15.2. The van der Waals surface area contributed by atoms with Crippen LogP contribution in [0.15, 0.2) is 0 Å². The molecule has 0 aromatic heterocycles. The standard InChI is InChI=1S/C17H26O4/c1-10(8-11-9-15(19)16(20)21-11)12-5-6-13-14(18)4-3-7-17(12,13)2/h10-13,15,19H,3-9H2,1-2H3/t10-,11?,12?,13+,15-,17?/m1/s1. The lowest BCUT2D eigenvalue weighted by molar-refractivity contribution is -0.147. The van der Waals surface area contributed by atoms with Crippen molar-refractivity contribution >= 4 is 11.8 Å². The van der Waals surface area contributed by atoms with E-state index in [4.69, 9.17) is 4.74 Å². The molecule has 3 rings (SSSR count). The molecule has 2 aliphatic carbocycles. The number of aliphatic hydroxyl groups is 1. The molecule has 4 heteroatoms. The maximum atomic E-state index is 12.2. The number of hydrogen-bond acceptors (Lipinski definition) is 4. The van der Waals surface area contributed by atoms with Gasteiger partial charge in [-0.3, -0.25) is 4.79 Å². The van der Waals surface area contributed by atoms with Crippen LogP contribution in [0.2, 0.25) is 0 Å². The zero-order valence-corrected chi connectivity index (χ0v) is 13.0. The summed E-state index contributed by atoms with van der Waals surface area (Å²) >= 11 is 0. The molecule has 0 aromatic rings. The Morgan fingerprint density at radius 1 is 1.38 bits per heavy atom. The Morgan fingerprint density at radius 3 is 2.81 bits per heavy atom. The number of Topliss-reactive ketones (excluding diaryl/α,β-unsaturated/α-hetero) is 1. The van der Waals surface area contributed by atoms with E-state index in [1.807, 2.05) is 0 Å². The predicted molar refractivity (Wildman–Crippen MR) is 77.5 cm³/mol. The Hall–Kier alpha value is -0.900. The summed E-state index contributed by atoms with van der Waals surface area (Å²) in [5.41, 5.74) is 0.135. The largest absolute Gasteiger partial charge is 0.460 e. The molecule has 1 N–H and O–H groups in total. The highest BCUT2D eigenvalue weighted by Crippen LogP contribution is 2.57. The Kier molecular flexibility index (Phi) is 3.85. The molecule has 0 spiro atoms. The smallest absolute Gasteiger partial charge is 0.335 e. The number of aliphatic hydroxyl groups excluding tert-OH is 1. The van der Waals surface area contributed by atoms with Crippen molar-refractivity contribution in [3.05, 3.63) is 0 Å². The molecule has 1 aliphatic heterocycles. The number of fused-ring (bicyclic) bond motifs is 1. The van der Waals surface area contributed by atoms with E-state index in [1.54, 1.807) is 0 Å². The van der Waals surface area contributed by atoms with Gasteiger partial charge in [0.25, 0.3) is 0 Å². The minimum atomic E-state index is -0.939. The lowest BCUT2D eigenvalue weighted by Crippen LogP contribution is -2.39. The summed E-state index contributed by atoms with van der Waals surface area (Å²) in [6, 6.07) is 0. The molecule has 6 atom stereocenters. The number of hydrogen-bond donors (Lipinski definition) is 1. The molecule has 118 valence electrons. The van der Waals surface area contributed by atoms with E-state index < -0.39 is 12.1 Å². The summed E-state index contributed by atoms with van der Waals surface area (Å²) in [6.45, 7) is 4.51. The number of ether oxygens (including phenoxy) is 1. The second-order valence-electron chi connectivity index (χ2n) is 7.59. The minimum absolute atomic E-state index is 0.135. The van der Waals surface area contributed by atoms with Crippen LogP contribution < -0.4 is 0 Å². The number of esters is 1. The number of carbonyl (C=O) groups is 2. The summed E-state index contributed by atoms with van der Waals surface area (Å²) in [5.74, 6) is 1.18. The number of cyclic esters (lactones) is 1. The van der Waals surface area contributed by atoms with Crippen LogP contribution in [-0.2, 0) is 14.3 Å². The highest BCUT2D eigenvalue weighted by Gasteiger charge is 2.52. The van der Waals surface area contributed by atoms with E-state index in [9.17, 15) is 14.7 Å². The molecule has 3 aliphatic rings. The third-order valence-electron chi connectivity index (χ3n) is 6.30. The highest BCUT2D eigenvalue weighted by molar-refractivity contribution is 5.83. The summed E-state index contributed by atoms with van der Waals surface area (Å²) < 4.78 is 5.24. The van der Waals surface area contributed by atoms with Gasteiger partial charge in [-0.15, -0.1) is 0 Å². The van der Waals surface area contributed by atoms with Gasteiger partial charge in [-0.1, -0.05) is 13.8 Å². The summed E-state index contributed by atoms with van der Waals surface area (Å²) in [4.78, 5) is 23.5. The molecule has 0 amide bonds. The van der Waals surface area contributed by atoms with Crippen molar-refractivity contribution in [1.82, 2.24) is 0 Å². The van der Waals surface area contributed by atoms with Gasteiger partial charge in [-0.2, -0.15) is 0 Å². The molecule has 0 radical (unpaired) electrons. The van der Waals surface area contributed by atoms with Crippen molar-refractivity contribution in [3.63, 3.8) is 0 Å². The van der Waals surface area contributed by atoms with Gasteiger partial charge < -0.3 is 9.84 Å². The maximum Gasteiger partial charge on any atom is 0.335 e. The Balaban J connectivity index is 1.66. The van der Waals surface area contributed by atoms with Crippen molar-refractivity contribution in [3.8, 4) is 0 Å². The van der Waals surface area contributed by atoms with Crippen LogP contribution in [0.4, 0.5) is 0 Å². The number of rotatable bonds is 3. The first-order chi connectivity index (χ1) is 9.91. The topological polar surface area (TPSA) is 63.6 Å². The fourth-order valence-electron chi connectivity index (χ4n) is 5.26. The van der Waals surface area contributed by atoms with E-state index in [0.29, 0.717) is 24.0 Å². The molecule has 4 nitrogen and oxygen atoms in total. The summed E-state index contributed by atoms with van der Waals surface area (Å²) in [7, 11) is 0. The lowest BCUT2D eigenvalue weighted by atomic mass is 9.62. The molecular formula is C17H26O4. The number of ketones is 1. The second-order valence-corrected chi connectivity index (χ2v) is 7.59. The molecule has 21 heavy (non-hydrogen) atoms. The number of carbonyl (C=O) groups excluding carboxylic acids is 2. The van der Waals surface area contributed by atoms with Crippen molar-refractivity contribution in [2.45, 2.75) is 71.0 Å². The maximum absolute atomic E-state index is 12.2. The SMILES string of the molecule is C[C@H](CC1C[C@@H](O)C(=O)O1)C1CC[C@H]2C(=O)CCCC12C. The van der Waals surface area contributed by atoms with E-state index in [-0.39, 0.29) is 17.4 Å². The first kappa shape index (κ1) is 15.0. The van der Waals surface area contributed by atoms with E-state index in [2.05, 4.69) is 13.8 Å². The van der Waals surface area contributed by atoms with Crippen molar-refractivity contribution in [2.24, 2.45) is 23.2 Å². The molecule has 0 bridgehead atoms. The van der Waals surface area contributed by atoms with Gasteiger partial charge >= 0.3 is 5.97 Å². The van der Waals surface area contributed by atoms with Crippen LogP contribution in [0.1, 0.15) is 58.8 Å². The lowest BCUT2D eigenvalue weighted by Gasteiger charge is -2.42. The summed E-state index contributed by atoms with van der Waals surface area (Å²) in [6.07, 6.45) is 5.20. The van der Waals surface area contributed by atoms with Gasteiger partial charge in [0, 0.05) is 18.8 Å². The quantitative estimate of drug-likeness (QED) is 0.812. The van der Waals surface area contributed by atoms with Crippen LogP contribution in [0.3, 0.4) is 0 Å². The summed E-state index contributed by atoms with van der Waals surface area (Å²) in [5, 5.41) is 9.50. The van der Waals surface area contributed by atoms with E-state index in [0.717, 1.165) is 38.5 Å². The van der Waals surface area contributed by atoms with Gasteiger partial charge in [-0.25, -0.2) is 4.79 Å². The highest BCUT2D eigenvalue weighted by atomic mass is 16.6. The van der Waals surface area contributed by atoms with Gasteiger partial charge in [0.2, 0.25) is 0 Å². The van der Waals surface area contributed by atoms with Gasteiger partial charge in [0.15, 0.2) is 6.10 Å². The Bertz CT molecular complexity index is 446. The molecule has 3 fully saturated rings. The third kappa shape index (κ3) is 2.52. The normalized spacial score (nSPS) is 44.5. The van der Waals surface area contributed by atoms with Crippen LogP contribution >= 0.6 is 0 Å². The van der Waals surface area contributed by atoms with Crippen molar-refractivity contribution in [1.29, 1.82) is 0 Å². The van der Waals surface area contributed by atoms with Crippen LogP contribution in [-0.4, -0.2) is 29.1 Å². The molecular weight excluding hydrogens is 268 g/mol. The van der Waals surface area contributed by atoms with E-state index >= 15 is 0 Å². The molecule has 1 heterocycles. The molecule has 1 saturated heterocycles. The second kappa shape index (κ2) is 5.38.